The molecule has 0 fully saturated rings. The van der Waals surface area contributed by atoms with Gasteiger partial charge in [-0.2, -0.15) is 0 Å². The molecule has 0 aliphatic rings. The van der Waals surface area contributed by atoms with Crippen molar-refractivity contribution >= 4 is 16.8 Å². The first-order valence-corrected chi connectivity index (χ1v) is 10.7. The van der Waals surface area contributed by atoms with E-state index in [-0.39, 0.29) is 11.8 Å². The fourth-order valence-corrected chi connectivity index (χ4v) is 4.10. The highest BCUT2D eigenvalue weighted by atomic mass is 16.5. The molecule has 2 aromatic carbocycles. The first-order chi connectivity index (χ1) is 15.1. The summed E-state index contributed by atoms with van der Waals surface area (Å²) in [4.78, 5) is 16.3. The molecule has 31 heavy (non-hydrogen) atoms. The molecule has 6 heteroatoms. The Hall–Kier alpha value is -2.99. The van der Waals surface area contributed by atoms with Crippen LogP contribution in [0.3, 0.4) is 0 Å². The van der Waals surface area contributed by atoms with Crippen molar-refractivity contribution in [3.8, 4) is 11.5 Å². The van der Waals surface area contributed by atoms with Gasteiger partial charge in [0.25, 0.3) is 0 Å². The van der Waals surface area contributed by atoms with Crippen LogP contribution in [0.1, 0.15) is 42.4 Å². The summed E-state index contributed by atoms with van der Waals surface area (Å²) >= 11 is 0. The monoisotopic (exact) mass is 424 g/mol. The van der Waals surface area contributed by atoms with Crippen LogP contribution in [-0.4, -0.2) is 45.4 Å². The number of rotatable bonds is 11. The number of H-pyrrole nitrogens is 1. The molecule has 166 valence electrons. The van der Waals surface area contributed by atoms with E-state index in [0.717, 1.165) is 34.9 Å². The number of amides is 1. The Kier molecular flexibility index (Phi) is 7.95. The van der Waals surface area contributed by atoms with Gasteiger partial charge in [0.1, 0.15) is 0 Å². The lowest BCUT2D eigenvalue weighted by atomic mass is 9.86. The molecule has 0 unspecified atom stereocenters. The average Bonchev–Trinajstić information content (AvgIpc) is 3.23. The van der Waals surface area contributed by atoms with Gasteiger partial charge in [-0.15, -0.1) is 0 Å². The largest absolute Gasteiger partial charge is 0.493 e. The Morgan fingerprint density at radius 3 is 2.58 bits per heavy atom. The molecule has 1 atom stereocenters. The highest BCUT2D eigenvalue weighted by Gasteiger charge is 2.26. The maximum absolute atomic E-state index is 12.9. The van der Waals surface area contributed by atoms with E-state index < -0.39 is 0 Å². The molecular formula is C25H32N2O4. The Bertz CT molecular complexity index is 1010. The maximum atomic E-state index is 12.9. The number of fused-ring (bicyclic) bond motifs is 1. The Morgan fingerprint density at radius 1 is 1.06 bits per heavy atom. The number of aryl methyl sites for hydroxylation is 1. The SMILES string of the molecule is CCc1cccc2c([C@H](CC(=O)NCCCOC)c3cccc(OC)c3OC)c[nH]c12. The number of hydrogen-bond donors (Lipinski definition) is 2. The summed E-state index contributed by atoms with van der Waals surface area (Å²) in [5, 5.41) is 4.14. The number of carbonyl (C=O) groups excluding carboxylic acids is 1. The highest BCUT2D eigenvalue weighted by Crippen LogP contribution is 2.42. The van der Waals surface area contributed by atoms with Crippen LogP contribution in [-0.2, 0) is 16.0 Å². The van der Waals surface area contributed by atoms with Gasteiger partial charge in [-0.1, -0.05) is 37.3 Å². The van der Waals surface area contributed by atoms with Crippen LogP contribution < -0.4 is 14.8 Å². The molecule has 2 N–H and O–H groups in total. The predicted octanol–water partition coefficient (Wildman–Crippen LogP) is 4.42. The lowest BCUT2D eigenvalue weighted by Crippen LogP contribution is -2.27. The average molecular weight is 425 g/mol. The standard InChI is InChI=1S/C25H32N2O4/c1-5-17-9-6-10-18-21(16-27-24(17)18)20(15-23(28)26-13-8-14-29-2)19-11-7-12-22(30-3)25(19)31-4/h6-7,9-12,16,20,27H,5,8,13-15H2,1-4H3,(H,26,28)/t20-/m1/s1. The lowest BCUT2D eigenvalue weighted by molar-refractivity contribution is -0.121. The number of hydrogen-bond acceptors (Lipinski definition) is 4. The van der Waals surface area contributed by atoms with Crippen molar-refractivity contribution in [2.45, 2.75) is 32.1 Å². The van der Waals surface area contributed by atoms with Crippen molar-refractivity contribution in [1.82, 2.24) is 10.3 Å². The quantitative estimate of drug-likeness (QED) is 0.447. The van der Waals surface area contributed by atoms with E-state index in [9.17, 15) is 4.79 Å². The zero-order valence-electron chi connectivity index (χ0n) is 18.8. The summed E-state index contributed by atoms with van der Waals surface area (Å²) in [6, 6.07) is 12.1. The van der Waals surface area contributed by atoms with Crippen molar-refractivity contribution in [2.24, 2.45) is 0 Å². The maximum Gasteiger partial charge on any atom is 0.220 e. The lowest BCUT2D eigenvalue weighted by Gasteiger charge is -2.21. The summed E-state index contributed by atoms with van der Waals surface area (Å²) in [6.45, 7) is 3.35. The summed E-state index contributed by atoms with van der Waals surface area (Å²) in [6.07, 6.45) is 4.04. The minimum absolute atomic E-state index is 0.00743. The molecule has 0 saturated heterocycles. The second-order valence-electron chi connectivity index (χ2n) is 7.47. The smallest absolute Gasteiger partial charge is 0.220 e. The molecule has 1 heterocycles. The molecule has 0 aliphatic carbocycles. The first-order valence-electron chi connectivity index (χ1n) is 10.7. The van der Waals surface area contributed by atoms with Gasteiger partial charge in [-0.25, -0.2) is 0 Å². The highest BCUT2D eigenvalue weighted by molar-refractivity contribution is 5.88. The number of aromatic nitrogens is 1. The molecule has 0 bridgehead atoms. The number of carbonyl (C=O) groups is 1. The van der Waals surface area contributed by atoms with Gasteiger partial charge in [0.05, 0.1) is 14.2 Å². The van der Waals surface area contributed by atoms with E-state index in [1.54, 1.807) is 21.3 Å². The first kappa shape index (κ1) is 22.7. The molecular weight excluding hydrogens is 392 g/mol. The molecule has 6 nitrogen and oxygen atoms in total. The zero-order chi connectivity index (χ0) is 22.2. The van der Waals surface area contributed by atoms with Crippen molar-refractivity contribution in [3.05, 3.63) is 59.3 Å². The van der Waals surface area contributed by atoms with Crippen LogP contribution in [0.2, 0.25) is 0 Å². The van der Waals surface area contributed by atoms with Crippen molar-refractivity contribution in [2.75, 3.05) is 34.5 Å². The topological polar surface area (TPSA) is 72.6 Å². The number of benzene rings is 2. The summed E-state index contributed by atoms with van der Waals surface area (Å²) in [5.41, 5.74) is 4.37. The van der Waals surface area contributed by atoms with E-state index in [1.165, 1.54) is 5.56 Å². The van der Waals surface area contributed by atoms with E-state index in [2.05, 4.69) is 35.4 Å². The minimum Gasteiger partial charge on any atom is -0.493 e. The van der Waals surface area contributed by atoms with Gasteiger partial charge in [-0.3, -0.25) is 4.79 Å². The van der Waals surface area contributed by atoms with Gasteiger partial charge >= 0.3 is 0 Å². The molecule has 0 radical (unpaired) electrons. The summed E-state index contributed by atoms with van der Waals surface area (Å²) in [5.74, 6) is 1.11. The van der Waals surface area contributed by atoms with Gasteiger partial charge in [0.15, 0.2) is 11.5 Å². The third kappa shape index (κ3) is 5.02. The molecule has 1 aromatic heterocycles. The third-order valence-corrected chi connectivity index (χ3v) is 5.64. The van der Waals surface area contributed by atoms with Crippen molar-refractivity contribution in [3.63, 3.8) is 0 Å². The van der Waals surface area contributed by atoms with Gasteiger partial charge in [0, 0.05) is 55.3 Å². The fraction of sp³-hybridized carbons (Fsp3) is 0.400. The van der Waals surface area contributed by atoms with Crippen LogP contribution >= 0.6 is 0 Å². The zero-order valence-corrected chi connectivity index (χ0v) is 18.8. The van der Waals surface area contributed by atoms with Crippen LogP contribution in [0.25, 0.3) is 10.9 Å². The van der Waals surface area contributed by atoms with Crippen molar-refractivity contribution < 1.29 is 19.0 Å². The van der Waals surface area contributed by atoms with Gasteiger partial charge < -0.3 is 24.5 Å². The molecule has 0 saturated carbocycles. The second kappa shape index (κ2) is 10.9. The van der Waals surface area contributed by atoms with Crippen molar-refractivity contribution in [1.29, 1.82) is 0 Å². The van der Waals surface area contributed by atoms with E-state index >= 15 is 0 Å². The normalized spacial score (nSPS) is 12.0. The number of nitrogens with one attached hydrogen (secondary N) is 2. The molecule has 1 amide bonds. The molecule has 0 spiro atoms. The van der Waals surface area contributed by atoms with Gasteiger partial charge in [0.2, 0.25) is 5.91 Å². The Morgan fingerprint density at radius 2 is 1.87 bits per heavy atom. The number of para-hydroxylation sites is 2. The number of ether oxygens (including phenoxy) is 3. The van der Waals surface area contributed by atoms with E-state index in [0.29, 0.717) is 31.1 Å². The fourth-order valence-electron chi connectivity index (χ4n) is 4.10. The van der Waals surface area contributed by atoms with Gasteiger partial charge in [-0.05, 0) is 30.0 Å². The summed E-state index contributed by atoms with van der Waals surface area (Å²) in [7, 11) is 4.92. The van der Waals surface area contributed by atoms with Crippen LogP contribution in [0.15, 0.2) is 42.6 Å². The number of methoxy groups -OCH3 is 3. The van der Waals surface area contributed by atoms with E-state index in [4.69, 9.17) is 14.2 Å². The van der Waals surface area contributed by atoms with Crippen LogP contribution in [0.5, 0.6) is 11.5 Å². The molecule has 3 rings (SSSR count). The molecule has 0 aliphatic heterocycles. The second-order valence-corrected chi connectivity index (χ2v) is 7.47. The van der Waals surface area contributed by atoms with Crippen LogP contribution in [0.4, 0.5) is 0 Å². The Labute approximate surface area is 183 Å². The minimum atomic E-state index is -0.187. The molecule has 3 aromatic rings. The number of aromatic amines is 1. The third-order valence-electron chi connectivity index (χ3n) is 5.64. The summed E-state index contributed by atoms with van der Waals surface area (Å²) < 4.78 is 16.3. The van der Waals surface area contributed by atoms with Crippen LogP contribution in [0, 0.1) is 0 Å². The predicted molar refractivity (Wildman–Crippen MR) is 123 cm³/mol. The van der Waals surface area contributed by atoms with E-state index in [1.807, 2.05) is 24.4 Å². The Balaban J connectivity index is 2.03.